The highest BCUT2D eigenvalue weighted by atomic mass is 16.5. The van der Waals surface area contributed by atoms with Crippen LogP contribution in [0.4, 0.5) is 0 Å². The molecule has 1 unspecified atom stereocenters. The molecule has 5 rings (SSSR count). The van der Waals surface area contributed by atoms with E-state index in [-0.39, 0.29) is 17.9 Å². The summed E-state index contributed by atoms with van der Waals surface area (Å²) < 4.78 is 5.59. The van der Waals surface area contributed by atoms with Gasteiger partial charge < -0.3 is 14.7 Å². The Hall–Kier alpha value is -3.22. The van der Waals surface area contributed by atoms with Crippen LogP contribution in [0, 0.1) is 6.92 Å². The van der Waals surface area contributed by atoms with Crippen molar-refractivity contribution >= 4 is 22.9 Å². The lowest BCUT2D eigenvalue weighted by Crippen LogP contribution is -2.31. The number of hydrogen-bond acceptors (Lipinski definition) is 5. The maximum absolute atomic E-state index is 13.3. The van der Waals surface area contributed by atoms with Crippen molar-refractivity contribution in [3.8, 4) is 0 Å². The number of likely N-dealkylation sites (tertiary alicyclic amines) is 1. The fraction of sp³-hybridized carbons (Fsp3) is 0.391. The number of fused-ring (bicyclic) bond motifs is 1. The quantitative estimate of drug-likeness (QED) is 0.716. The number of carbonyl (C=O) groups is 2. The Kier molecular flexibility index (Phi) is 4.53. The van der Waals surface area contributed by atoms with E-state index in [9.17, 15) is 9.59 Å². The highest BCUT2D eigenvalue weighted by Gasteiger charge is 2.36. The molecule has 1 aliphatic heterocycles. The number of aryl methyl sites for hydroxylation is 1. The average molecular weight is 404 g/mol. The van der Waals surface area contributed by atoms with Crippen LogP contribution >= 0.6 is 0 Å². The third-order valence-corrected chi connectivity index (χ3v) is 6.16. The summed E-state index contributed by atoms with van der Waals surface area (Å²) in [4.78, 5) is 32.5. The molecule has 1 aromatic carbocycles. The van der Waals surface area contributed by atoms with Crippen LogP contribution in [-0.4, -0.2) is 40.4 Å². The number of rotatable bonds is 4. The topological polar surface area (TPSA) is 88.3 Å². The van der Waals surface area contributed by atoms with Crippen molar-refractivity contribution in [2.24, 2.45) is 0 Å². The van der Waals surface area contributed by atoms with E-state index < -0.39 is 0 Å². The van der Waals surface area contributed by atoms with Gasteiger partial charge in [-0.3, -0.25) is 9.59 Å². The number of nitrogens with zero attached hydrogens (tertiary/aromatic N) is 3. The van der Waals surface area contributed by atoms with Crippen LogP contribution < -0.4 is 5.32 Å². The van der Waals surface area contributed by atoms with Crippen LogP contribution in [0.25, 0.3) is 11.1 Å². The van der Waals surface area contributed by atoms with Gasteiger partial charge in [0, 0.05) is 30.8 Å². The summed E-state index contributed by atoms with van der Waals surface area (Å²) in [6.45, 7) is 2.59. The number of pyridine rings is 1. The summed E-state index contributed by atoms with van der Waals surface area (Å²) >= 11 is 0. The van der Waals surface area contributed by atoms with Gasteiger partial charge in [0.05, 0.1) is 17.0 Å². The lowest BCUT2D eigenvalue weighted by Gasteiger charge is -2.24. The van der Waals surface area contributed by atoms with Gasteiger partial charge in [-0.2, -0.15) is 0 Å². The molecule has 154 valence electrons. The van der Waals surface area contributed by atoms with Crippen LogP contribution in [0.15, 0.2) is 34.9 Å². The largest absolute Gasteiger partial charge is 0.355 e. The van der Waals surface area contributed by atoms with Gasteiger partial charge in [0.25, 0.3) is 17.5 Å². The third-order valence-electron chi connectivity index (χ3n) is 6.16. The molecule has 3 aromatic rings. The summed E-state index contributed by atoms with van der Waals surface area (Å²) in [5, 5.41) is 7.65. The summed E-state index contributed by atoms with van der Waals surface area (Å²) in [6, 6.07) is 9.23. The van der Waals surface area contributed by atoms with Crippen molar-refractivity contribution < 1.29 is 14.1 Å². The zero-order valence-electron chi connectivity index (χ0n) is 17.1. The van der Waals surface area contributed by atoms with Crippen molar-refractivity contribution in [1.82, 2.24) is 20.4 Å². The molecule has 1 saturated carbocycles. The lowest BCUT2D eigenvalue weighted by atomic mass is 10.0. The molecule has 1 aliphatic carbocycles. The van der Waals surface area contributed by atoms with Crippen molar-refractivity contribution in [2.75, 3.05) is 13.6 Å². The molecule has 0 spiro atoms. The monoisotopic (exact) mass is 404 g/mol. The van der Waals surface area contributed by atoms with Gasteiger partial charge in [0.15, 0.2) is 0 Å². The van der Waals surface area contributed by atoms with E-state index in [0.717, 1.165) is 36.9 Å². The first-order valence-electron chi connectivity index (χ1n) is 10.5. The van der Waals surface area contributed by atoms with E-state index in [0.29, 0.717) is 40.4 Å². The number of hydrogen-bond donors (Lipinski definition) is 1. The molecule has 7 nitrogen and oxygen atoms in total. The van der Waals surface area contributed by atoms with Crippen LogP contribution in [0.1, 0.15) is 75.3 Å². The highest BCUT2D eigenvalue weighted by Crippen LogP contribution is 2.42. The van der Waals surface area contributed by atoms with Crippen LogP contribution in [0.3, 0.4) is 0 Å². The number of benzene rings is 1. The Bertz CT molecular complexity index is 1150. The summed E-state index contributed by atoms with van der Waals surface area (Å²) in [7, 11) is 1.61. The normalized spacial score (nSPS) is 18.7. The minimum Gasteiger partial charge on any atom is -0.355 e. The maximum Gasteiger partial charge on any atom is 0.259 e. The predicted octanol–water partition coefficient (Wildman–Crippen LogP) is 3.75. The van der Waals surface area contributed by atoms with Gasteiger partial charge in [-0.15, -0.1) is 0 Å². The fourth-order valence-corrected chi connectivity index (χ4v) is 4.38. The lowest BCUT2D eigenvalue weighted by molar-refractivity contribution is 0.0731. The molecule has 2 amide bonds. The van der Waals surface area contributed by atoms with E-state index in [2.05, 4.69) is 15.5 Å². The van der Waals surface area contributed by atoms with Crippen molar-refractivity contribution in [3.63, 3.8) is 0 Å². The average Bonchev–Trinajstić information content (AvgIpc) is 3.35. The van der Waals surface area contributed by atoms with Crippen LogP contribution in [0.2, 0.25) is 0 Å². The molecule has 7 heteroatoms. The number of aromatic nitrogens is 2. The Morgan fingerprint density at radius 1 is 1.17 bits per heavy atom. The molecule has 30 heavy (non-hydrogen) atoms. The molecule has 1 atom stereocenters. The molecule has 2 fully saturated rings. The SMILES string of the molecule is CNC(=O)c1cc(C2CC2)nc2onc(C3CCCN3C(=O)c3ccccc3C)c12. The summed E-state index contributed by atoms with van der Waals surface area (Å²) in [5.41, 5.74) is 4.04. The van der Waals surface area contributed by atoms with Gasteiger partial charge in [0.2, 0.25) is 0 Å². The van der Waals surface area contributed by atoms with E-state index in [1.54, 1.807) is 7.05 Å². The first-order valence-corrected chi connectivity index (χ1v) is 10.5. The minimum absolute atomic E-state index is 0.0178. The van der Waals surface area contributed by atoms with Gasteiger partial charge in [-0.1, -0.05) is 23.4 Å². The van der Waals surface area contributed by atoms with E-state index >= 15 is 0 Å². The Balaban J connectivity index is 1.59. The molecule has 1 saturated heterocycles. The standard InChI is InChI=1S/C23H24N4O3/c1-13-6-3-4-7-15(13)23(29)27-11-5-8-18(27)20-19-16(21(28)24-2)12-17(14-9-10-14)25-22(19)30-26-20/h3-4,6-7,12,14,18H,5,8-11H2,1-2H3,(H,24,28). The van der Waals surface area contributed by atoms with Gasteiger partial charge in [-0.25, -0.2) is 4.98 Å². The molecule has 2 aliphatic rings. The number of carbonyl (C=O) groups excluding carboxylic acids is 2. The molecule has 3 heterocycles. The molecule has 0 radical (unpaired) electrons. The van der Waals surface area contributed by atoms with Crippen LogP contribution in [-0.2, 0) is 0 Å². The molecular formula is C23H24N4O3. The Morgan fingerprint density at radius 2 is 1.97 bits per heavy atom. The highest BCUT2D eigenvalue weighted by molar-refractivity contribution is 6.06. The molecule has 2 aromatic heterocycles. The predicted molar refractivity (Wildman–Crippen MR) is 111 cm³/mol. The first-order chi connectivity index (χ1) is 14.6. The smallest absolute Gasteiger partial charge is 0.259 e. The zero-order chi connectivity index (χ0) is 20.8. The second kappa shape index (κ2) is 7.23. The fourth-order valence-electron chi connectivity index (χ4n) is 4.38. The second-order valence-corrected chi connectivity index (χ2v) is 8.17. The van der Waals surface area contributed by atoms with Crippen LogP contribution in [0.5, 0.6) is 0 Å². The molecule has 1 N–H and O–H groups in total. The summed E-state index contributed by atoms with van der Waals surface area (Å²) in [5.74, 6) is 0.177. The van der Waals surface area contributed by atoms with Gasteiger partial charge in [-0.05, 0) is 50.3 Å². The Labute approximate surface area is 174 Å². The Morgan fingerprint density at radius 3 is 2.70 bits per heavy atom. The number of nitrogens with one attached hydrogen (secondary N) is 1. The third kappa shape index (κ3) is 3.05. The molecule has 0 bridgehead atoms. The van der Waals surface area contributed by atoms with E-state index in [1.165, 1.54) is 0 Å². The maximum atomic E-state index is 13.3. The van der Waals surface area contributed by atoms with Gasteiger partial charge in [0.1, 0.15) is 5.69 Å². The van der Waals surface area contributed by atoms with Crippen molar-refractivity contribution in [3.05, 3.63) is 58.4 Å². The first kappa shape index (κ1) is 18.8. The minimum atomic E-state index is -0.240. The molecular weight excluding hydrogens is 380 g/mol. The van der Waals surface area contributed by atoms with E-state index in [1.807, 2.05) is 42.2 Å². The zero-order valence-corrected chi connectivity index (χ0v) is 17.1. The van der Waals surface area contributed by atoms with Crippen molar-refractivity contribution in [1.29, 1.82) is 0 Å². The summed E-state index contributed by atoms with van der Waals surface area (Å²) in [6.07, 6.45) is 3.80. The van der Waals surface area contributed by atoms with E-state index in [4.69, 9.17) is 4.52 Å². The van der Waals surface area contributed by atoms with Crippen molar-refractivity contribution in [2.45, 2.75) is 44.6 Å². The number of amides is 2. The van der Waals surface area contributed by atoms with Gasteiger partial charge >= 0.3 is 0 Å². The second-order valence-electron chi connectivity index (χ2n) is 8.17.